The van der Waals surface area contributed by atoms with Gasteiger partial charge in [-0.2, -0.15) is 0 Å². The number of benzene rings is 1. The van der Waals surface area contributed by atoms with Gasteiger partial charge in [0.05, 0.1) is 0 Å². The van der Waals surface area contributed by atoms with Gasteiger partial charge in [0, 0.05) is 23.2 Å². The maximum Gasteiger partial charge on any atom is 0.0380 e. The van der Waals surface area contributed by atoms with E-state index in [-0.39, 0.29) is 0 Å². The Bertz CT molecular complexity index is 307. The molecule has 1 aromatic carbocycles. The van der Waals surface area contributed by atoms with Crippen LogP contribution in [0, 0.1) is 6.92 Å². The van der Waals surface area contributed by atoms with E-state index in [1.54, 1.807) is 0 Å². The summed E-state index contributed by atoms with van der Waals surface area (Å²) in [5.74, 6) is 0. The average molecular weight is 268 g/mol. The highest BCUT2D eigenvalue weighted by atomic mass is 79.9. The minimum Gasteiger partial charge on any atom is -0.371 e. The molecule has 1 aliphatic heterocycles. The van der Waals surface area contributed by atoms with Crippen LogP contribution in [0.4, 0.5) is 5.69 Å². The summed E-state index contributed by atoms with van der Waals surface area (Å²) >= 11 is 3.57. The molecular formula is C13H18BrN. The van der Waals surface area contributed by atoms with Crippen molar-refractivity contribution in [1.82, 2.24) is 0 Å². The van der Waals surface area contributed by atoms with E-state index in [9.17, 15) is 0 Å². The van der Waals surface area contributed by atoms with Gasteiger partial charge in [0.15, 0.2) is 0 Å². The molecule has 2 rings (SSSR count). The second-order valence-corrected chi connectivity index (χ2v) is 5.30. The second kappa shape index (κ2) is 5.02. The van der Waals surface area contributed by atoms with Crippen LogP contribution < -0.4 is 4.90 Å². The maximum atomic E-state index is 3.57. The highest BCUT2D eigenvalue weighted by molar-refractivity contribution is 9.10. The topological polar surface area (TPSA) is 3.24 Å². The number of hydrogen-bond donors (Lipinski definition) is 0. The van der Waals surface area contributed by atoms with Crippen LogP contribution in [-0.4, -0.2) is 13.1 Å². The third kappa shape index (κ3) is 2.97. The lowest BCUT2D eigenvalue weighted by Crippen LogP contribution is -2.23. The highest BCUT2D eigenvalue weighted by Crippen LogP contribution is 2.24. The summed E-state index contributed by atoms with van der Waals surface area (Å²) < 4.78 is 1.20. The van der Waals surface area contributed by atoms with Crippen molar-refractivity contribution >= 4 is 21.6 Å². The third-order valence-electron chi connectivity index (χ3n) is 3.00. The van der Waals surface area contributed by atoms with Crippen molar-refractivity contribution in [3.05, 3.63) is 28.2 Å². The predicted molar refractivity (Wildman–Crippen MR) is 69.6 cm³/mol. The van der Waals surface area contributed by atoms with E-state index in [1.807, 2.05) is 0 Å². The monoisotopic (exact) mass is 267 g/mol. The molecule has 0 atom stereocenters. The van der Waals surface area contributed by atoms with Gasteiger partial charge in [-0.15, -0.1) is 0 Å². The van der Waals surface area contributed by atoms with Crippen molar-refractivity contribution < 1.29 is 0 Å². The van der Waals surface area contributed by atoms with Crippen LogP contribution in [-0.2, 0) is 0 Å². The Morgan fingerprint density at radius 1 is 1.00 bits per heavy atom. The Balaban J connectivity index is 2.19. The molecule has 1 aliphatic rings. The van der Waals surface area contributed by atoms with E-state index in [0.717, 1.165) is 0 Å². The number of anilines is 1. The largest absolute Gasteiger partial charge is 0.371 e. The molecule has 1 nitrogen and oxygen atoms in total. The van der Waals surface area contributed by atoms with Crippen LogP contribution in [0.3, 0.4) is 0 Å². The van der Waals surface area contributed by atoms with E-state index in [1.165, 1.54) is 54.5 Å². The van der Waals surface area contributed by atoms with Gasteiger partial charge in [-0.3, -0.25) is 0 Å². The molecular weight excluding hydrogens is 250 g/mol. The molecule has 0 amide bonds. The molecule has 0 unspecified atom stereocenters. The van der Waals surface area contributed by atoms with Crippen molar-refractivity contribution in [1.29, 1.82) is 0 Å². The lowest BCUT2D eigenvalue weighted by atomic mass is 10.2. The lowest BCUT2D eigenvalue weighted by molar-refractivity contribution is 0.726. The zero-order valence-corrected chi connectivity index (χ0v) is 10.9. The number of aryl methyl sites for hydroxylation is 1. The zero-order chi connectivity index (χ0) is 10.7. The number of rotatable bonds is 1. The Kier molecular flexibility index (Phi) is 3.68. The molecule has 0 aliphatic carbocycles. The van der Waals surface area contributed by atoms with Crippen molar-refractivity contribution in [3.63, 3.8) is 0 Å². The Labute approximate surface area is 101 Å². The maximum absolute atomic E-state index is 3.57. The van der Waals surface area contributed by atoms with E-state index < -0.39 is 0 Å². The van der Waals surface area contributed by atoms with Crippen LogP contribution in [0.2, 0.25) is 0 Å². The fourth-order valence-corrected chi connectivity index (χ4v) is 2.82. The van der Waals surface area contributed by atoms with Gasteiger partial charge in [-0.05, 0) is 43.5 Å². The standard InChI is InChI=1S/C13H18BrN/c1-11-8-12(14)10-13(9-11)15-6-4-2-3-5-7-15/h8-10H,2-7H2,1H3. The van der Waals surface area contributed by atoms with Crippen LogP contribution in [0.25, 0.3) is 0 Å². The summed E-state index contributed by atoms with van der Waals surface area (Å²) in [5, 5.41) is 0. The Morgan fingerprint density at radius 2 is 1.67 bits per heavy atom. The van der Waals surface area contributed by atoms with Gasteiger partial charge in [0.2, 0.25) is 0 Å². The first-order valence-corrected chi connectivity index (χ1v) is 6.57. The first kappa shape index (κ1) is 11.0. The van der Waals surface area contributed by atoms with Gasteiger partial charge in [0.1, 0.15) is 0 Å². The first-order chi connectivity index (χ1) is 7.25. The molecule has 1 saturated heterocycles. The highest BCUT2D eigenvalue weighted by Gasteiger charge is 2.10. The third-order valence-corrected chi connectivity index (χ3v) is 3.46. The van der Waals surface area contributed by atoms with E-state index >= 15 is 0 Å². The molecule has 1 aromatic rings. The minimum atomic E-state index is 1.20. The molecule has 1 fully saturated rings. The molecule has 82 valence electrons. The predicted octanol–water partition coefficient (Wildman–Crippen LogP) is 4.14. The normalized spacial score (nSPS) is 17.6. The molecule has 2 heteroatoms. The zero-order valence-electron chi connectivity index (χ0n) is 9.30. The number of hydrogen-bond acceptors (Lipinski definition) is 1. The summed E-state index contributed by atoms with van der Waals surface area (Å²) in [6.45, 7) is 4.60. The number of nitrogens with zero attached hydrogens (tertiary/aromatic N) is 1. The summed E-state index contributed by atoms with van der Waals surface area (Å²) in [5.41, 5.74) is 2.72. The Morgan fingerprint density at radius 3 is 2.27 bits per heavy atom. The molecule has 0 radical (unpaired) electrons. The van der Waals surface area contributed by atoms with Gasteiger partial charge < -0.3 is 4.90 Å². The van der Waals surface area contributed by atoms with E-state index in [2.05, 4.69) is 46.0 Å². The van der Waals surface area contributed by atoms with Crippen LogP contribution in [0.1, 0.15) is 31.2 Å². The summed E-state index contributed by atoms with van der Waals surface area (Å²) in [6.07, 6.45) is 5.46. The SMILES string of the molecule is Cc1cc(Br)cc(N2CCCCCC2)c1. The van der Waals surface area contributed by atoms with Crippen LogP contribution in [0.15, 0.2) is 22.7 Å². The second-order valence-electron chi connectivity index (χ2n) is 4.39. The van der Waals surface area contributed by atoms with Crippen molar-refractivity contribution in [2.75, 3.05) is 18.0 Å². The number of halogens is 1. The fraction of sp³-hybridized carbons (Fsp3) is 0.538. The van der Waals surface area contributed by atoms with Crippen LogP contribution in [0.5, 0.6) is 0 Å². The van der Waals surface area contributed by atoms with E-state index in [0.29, 0.717) is 0 Å². The van der Waals surface area contributed by atoms with Crippen molar-refractivity contribution in [2.24, 2.45) is 0 Å². The average Bonchev–Trinajstić information content (AvgIpc) is 2.43. The van der Waals surface area contributed by atoms with Gasteiger partial charge in [0.25, 0.3) is 0 Å². The molecule has 0 spiro atoms. The van der Waals surface area contributed by atoms with Crippen molar-refractivity contribution in [3.8, 4) is 0 Å². The molecule has 1 heterocycles. The molecule has 0 bridgehead atoms. The Hall–Kier alpha value is -0.500. The molecule has 0 N–H and O–H groups in total. The molecule has 0 aromatic heterocycles. The summed E-state index contributed by atoms with van der Waals surface area (Å²) in [4.78, 5) is 2.52. The van der Waals surface area contributed by atoms with Gasteiger partial charge >= 0.3 is 0 Å². The van der Waals surface area contributed by atoms with Gasteiger partial charge in [-0.1, -0.05) is 28.8 Å². The van der Waals surface area contributed by atoms with E-state index in [4.69, 9.17) is 0 Å². The summed E-state index contributed by atoms with van der Waals surface area (Å²) in [6, 6.07) is 6.69. The fourth-order valence-electron chi connectivity index (χ4n) is 2.23. The first-order valence-electron chi connectivity index (χ1n) is 5.78. The summed E-state index contributed by atoms with van der Waals surface area (Å²) in [7, 11) is 0. The van der Waals surface area contributed by atoms with Crippen LogP contribution >= 0.6 is 15.9 Å². The van der Waals surface area contributed by atoms with Crippen molar-refractivity contribution in [2.45, 2.75) is 32.6 Å². The molecule has 15 heavy (non-hydrogen) atoms. The lowest BCUT2D eigenvalue weighted by Gasteiger charge is -2.23. The quantitative estimate of drug-likeness (QED) is 0.740. The molecule has 0 saturated carbocycles. The minimum absolute atomic E-state index is 1.20. The smallest absolute Gasteiger partial charge is 0.0380 e. The van der Waals surface area contributed by atoms with Gasteiger partial charge in [-0.25, -0.2) is 0 Å².